The van der Waals surface area contributed by atoms with E-state index in [0.29, 0.717) is 32.1 Å². The van der Waals surface area contributed by atoms with Crippen molar-refractivity contribution in [3.63, 3.8) is 0 Å². The van der Waals surface area contributed by atoms with Crippen LogP contribution in [-0.4, -0.2) is 32.2 Å². The molecule has 0 aliphatic heterocycles. The molecule has 2 aromatic carbocycles. The molecule has 3 aromatic heterocycles. The summed E-state index contributed by atoms with van der Waals surface area (Å²) < 4.78 is 48.2. The second-order valence-corrected chi connectivity index (χ2v) is 9.90. The fourth-order valence-corrected chi connectivity index (χ4v) is 5.62. The van der Waals surface area contributed by atoms with Gasteiger partial charge < -0.3 is 9.84 Å². The summed E-state index contributed by atoms with van der Waals surface area (Å²) in [5, 5.41) is 20.4. The Kier molecular flexibility index (Phi) is 6.95. The molecule has 8 nitrogen and oxygen atoms in total. The third-order valence-corrected chi connectivity index (χ3v) is 7.46. The maximum Gasteiger partial charge on any atom is 0.417 e. The largest absolute Gasteiger partial charge is 0.491 e. The molecule has 5 rings (SSSR count). The average molecular weight is 585 g/mol. The Hall–Kier alpha value is -4.47. The summed E-state index contributed by atoms with van der Waals surface area (Å²) in [4.78, 5) is 33.3. The quantitative estimate of drug-likeness (QED) is 0.249. The van der Waals surface area contributed by atoms with Crippen LogP contribution in [0, 0.1) is 18.3 Å². The van der Waals surface area contributed by atoms with Crippen molar-refractivity contribution in [1.29, 1.82) is 5.26 Å². The topological polar surface area (TPSA) is 118 Å². The van der Waals surface area contributed by atoms with Crippen LogP contribution in [0.15, 0.2) is 52.8 Å². The van der Waals surface area contributed by atoms with Crippen molar-refractivity contribution in [3.8, 4) is 22.9 Å². The van der Waals surface area contributed by atoms with Crippen LogP contribution in [0.25, 0.3) is 32.2 Å². The lowest BCUT2D eigenvalue weighted by atomic mass is 10.0. The van der Waals surface area contributed by atoms with E-state index in [2.05, 4.69) is 9.97 Å². The van der Waals surface area contributed by atoms with E-state index in [0.717, 1.165) is 16.7 Å². The van der Waals surface area contributed by atoms with E-state index in [1.165, 1.54) is 35.9 Å². The number of carbonyl (C=O) groups is 1. The van der Waals surface area contributed by atoms with E-state index >= 15 is 0 Å². The smallest absolute Gasteiger partial charge is 0.417 e. The van der Waals surface area contributed by atoms with Gasteiger partial charge in [0.1, 0.15) is 24.3 Å². The zero-order valence-electron chi connectivity index (χ0n) is 20.4. The molecule has 202 valence electrons. The minimum atomic E-state index is -4.82. The van der Waals surface area contributed by atoms with Gasteiger partial charge in [-0.25, -0.2) is 9.78 Å². The van der Waals surface area contributed by atoms with Gasteiger partial charge in [-0.1, -0.05) is 11.6 Å². The van der Waals surface area contributed by atoms with E-state index in [1.54, 1.807) is 24.3 Å². The Morgan fingerprint density at radius 2 is 2.00 bits per heavy atom. The number of ether oxygens (including phenoxy) is 1. The zero-order valence-corrected chi connectivity index (χ0v) is 22.0. The first kappa shape index (κ1) is 27.1. The number of benzene rings is 2. The molecule has 0 aliphatic rings. The lowest BCUT2D eigenvalue weighted by Crippen LogP contribution is -2.27. The van der Waals surface area contributed by atoms with Gasteiger partial charge in [-0.15, -0.1) is 11.3 Å². The zero-order chi connectivity index (χ0) is 28.8. The molecule has 5 aromatic rings. The van der Waals surface area contributed by atoms with Gasteiger partial charge in [-0.3, -0.25) is 14.3 Å². The van der Waals surface area contributed by atoms with E-state index in [4.69, 9.17) is 16.3 Å². The summed E-state index contributed by atoms with van der Waals surface area (Å²) >= 11 is 7.46. The maximum absolute atomic E-state index is 13.5. The van der Waals surface area contributed by atoms with Gasteiger partial charge in [0.05, 0.1) is 44.4 Å². The molecule has 0 amide bonds. The lowest BCUT2D eigenvalue weighted by Gasteiger charge is -2.16. The first-order chi connectivity index (χ1) is 19.0. The SMILES string of the molecule is Cc1nc2ccc(C(F)(F)F)c(C#N)c2c(=O)n1CCOc1ccc(Cl)cc1-c1ccnc2c(C(=O)O)csc12. The first-order valence-corrected chi connectivity index (χ1v) is 12.8. The minimum absolute atomic E-state index is 0.0115. The van der Waals surface area contributed by atoms with Crippen molar-refractivity contribution in [1.82, 2.24) is 14.5 Å². The third kappa shape index (κ3) is 4.74. The highest BCUT2D eigenvalue weighted by Gasteiger charge is 2.35. The summed E-state index contributed by atoms with van der Waals surface area (Å²) in [5.41, 5.74) is -1.21. The van der Waals surface area contributed by atoms with E-state index < -0.39 is 34.2 Å². The molecule has 40 heavy (non-hydrogen) atoms. The second-order valence-electron chi connectivity index (χ2n) is 8.59. The normalized spacial score (nSPS) is 11.6. The van der Waals surface area contributed by atoms with Gasteiger partial charge in [0, 0.05) is 27.7 Å². The number of carboxylic acid groups (broad SMARTS) is 1. The first-order valence-electron chi connectivity index (χ1n) is 11.5. The number of nitriles is 1. The van der Waals surface area contributed by atoms with E-state index in [1.807, 2.05) is 0 Å². The molecule has 0 atom stereocenters. The fourth-order valence-electron chi connectivity index (χ4n) is 4.42. The molecule has 0 spiro atoms. The number of aryl methyl sites for hydroxylation is 1. The molecule has 0 fully saturated rings. The minimum Gasteiger partial charge on any atom is -0.491 e. The number of aromatic nitrogens is 3. The van der Waals surface area contributed by atoms with Crippen molar-refractivity contribution in [2.75, 3.05) is 6.61 Å². The van der Waals surface area contributed by atoms with Gasteiger partial charge in [0.15, 0.2) is 0 Å². The number of alkyl halides is 3. The van der Waals surface area contributed by atoms with Crippen LogP contribution in [0.1, 0.15) is 27.3 Å². The number of pyridine rings is 1. The molecule has 0 bridgehead atoms. The van der Waals surface area contributed by atoms with Crippen molar-refractivity contribution < 1.29 is 27.8 Å². The maximum atomic E-state index is 13.5. The van der Waals surface area contributed by atoms with Crippen molar-refractivity contribution in [2.45, 2.75) is 19.6 Å². The number of fused-ring (bicyclic) bond motifs is 2. The molecule has 3 heterocycles. The Balaban J connectivity index is 1.51. The number of hydrogen-bond donors (Lipinski definition) is 1. The molecule has 1 N–H and O–H groups in total. The van der Waals surface area contributed by atoms with Crippen LogP contribution in [0.5, 0.6) is 5.75 Å². The Morgan fingerprint density at radius 3 is 2.70 bits per heavy atom. The summed E-state index contributed by atoms with van der Waals surface area (Å²) in [5.74, 6) is -0.499. The molecular weight excluding hydrogens is 569 g/mol. The summed E-state index contributed by atoms with van der Waals surface area (Å²) in [7, 11) is 0. The molecular formula is C27H16ClF3N4O4S. The number of rotatable bonds is 6. The number of carboxylic acids is 1. The summed E-state index contributed by atoms with van der Waals surface area (Å²) in [6.45, 7) is 1.37. The predicted molar refractivity (Wildman–Crippen MR) is 143 cm³/mol. The highest BCUT2D eigenvalue weighted by atomic mass is 35.5. The summed E-state index contributed by atoms with van der Waals surface area (Å²) in [6.07, 6.45) is -3.34. The lowest BCUT2D eigenvalue weighted by molar-refractivity contribution is -0.137. The van der Waals surface area contributed by atoms with Crippen LogP contribution >= 0.6 is 22.9 Å². The highest BCUT2D eigenvalue weighted by Crippen LogP contribution is 2.39. The van der Waals surface area contributed by atoms with Crippen LogP contribution in [0.2, 0.25) is 5.02 Å². The van der Waals surface area contributed by atoms with Crippen molar-refractivity contribution in [2.24, 2.45) is 0 Å². The second kappa shape index (κ2) is 10.3. The number of thiophene rings is 1. The molecule has 13 heteroatoms. The molecule has 0 aliphatic carbocycles. The van der Waals surface area contributed by atoms with Gasteiger partial charge >= 0.3 is 12.1 Å². The molecule has 0 saturated carbocycles. The Morgan fingerprint density at radius 1 is 1.23 bits per heavy atom. The third-order valence-electron chi connectivity index (χ3n) is 6.22. The average Bonchev–Trinajstić information content (AvgIpc) is 3.34. The van der Waals surface area contributed by atoms with Gasteiger partial charge in [-0.2, -0.15) is 18.4 Å². The standard InChI is InChI=1S/C27H16ClF3N4O4S/c1-13-34-20-4-3-19(27(29,30)31)17(11-32)22(20)25(36)35(13)8-9-39-21-5-2-14(28)10-16(21)15-6-7-33-23-18(26(37)38)12-40-24(15)23/h2-7,10,12H,8-9H2,1H3,(H,37,38). The predicted octanol–water partition coefficient (Wildman–Crippen LogP) is 6.30. The monoisotopic (exact) mass is 584 g/mol. The van der Waals surface area contributed by atoms with Crippen LogP contribution in [0.3, 0.4) is 0 Å². The number of nitrogens with zero attached hydrogens (tertiary/aromatic N) is 4. The number of aromatic carboxylic acids is 1. The summed E-state index contributed by atoms with van der Waals surface area (Å²) in [6, 6.07) is 9.90. The van der Waals surface area contributed by atoms with Gasteiger partial charge in [0.2, 0.25) is 0 Å². The van der Waals surface area contributed by atoms with E-state index in [9.17, 15) is 33.1 Å². The Labute approximate surface area is 232 Å². The Bertz CT molecular complexity index is 1930. The van der Waals surface area contributed by atoms with Crippen molar-refractivity contribution >= 4 is 50.0 Å². The highest BCUT2D eigenvalue weighted by molar-refractivity contribution is 7.18. The van der Waals surface area contributed by atoms with Gasteiger partial charge in [-0.05, 0) is 43.3 Å². The van der Waals surface area contributed by atoms with Crippen LogP contribution in [0.4, 0.5) is 13.2 Å². The van der Waals surface area contributed by atoms with Crippen LogP contribution < -0.4 is 10.3 Å². The van der Waals surface area contributed by atoms with E-state index in [-0.39, 0.29) is 30.1 Å². The van der Waals surface area contributed by atoms with Gasteiger partial charge in [0.25, 0.3) is 5.56 Å². The van der Waals surface area contributed by atoms with Crippen LogP contribution in [-0.2, 0) is 12.7 Å². The molecule has 0 radical (unpaired) electrons. The number of halogens is 4. The van der Waals surface area contributed by atoms with Crippen molar-refractivity contribution in [3.05, 3.63) is 85.9 Å². The fraction of sp³-hybridized carbons (Fsp3) is 0.148. The molecule has 0 unspecified atom stereocenters. The number of hydrogen-bond acceptors (Lipinski definition) is 7. The molecule has 0 saturated heterocycles.